The van der Waals surface area contributed by atoms with Gasteiger partial charge >= 0.3 is 0 Å². The van der Waals surface area contributed by atoms with Crippen LogP contribution in [0.25, 0.3) is 0 Å². The fourth-order valence-electron chi connectivity index (χ4n) is 2.43. The molecule has 1 aromatic heterocycles. The number of carbonyl (C=O) groups is 2. The predicted molar refractivity (Wildman–Crippen MR) is 79.0 cm³/mol. The van der Waals surface area contributed by atoms with Crippen molar-refractivity contribution in [1.82, 2.24) is 9.78 Å². The number of aryl methyl sites for hydroxylation is 1. The molecule has 1 aliphatic rings. The standard InChI is InChI=1S/C15H13N5O2/c1-9-11(8-16)14-18-15(22)12(20(14)19-9)7-13(21)17-10-5-3-2-4-6-10/h2-6,12H,7H2,1H3,(H,17,21)(H,18,22)/t12-/m0/s1. The van der Waals surface area contributed by atoms with Gasteiger partial charge in [-0.15, -0.1) is 0 Å². The SMILES string of the molecule is Cc1nn2c(c1C#N)NC(=O)[C@@H]2CC(=O)Nc1ccccc1. The average molecular weight is 295 g/mol. The zero-order valence-electron chi connectivity index (χ0n) is 11.8. The number of anilines is 2. The van der Waals surface area contributed by atoms with E-state index >= 15 is 0 Å². The molecule has 0 saturated heterocycles. The summed E-state index contributed by atoms with van der Waals surface area (Å²) in [5.74, 6) is -0.254. The Hall–Kier alpha value is -3.14. The zero-order valence-corrected chi connectivity index (χ0v) is 11.8. The fourth-order valence-corrected chi connectivity index (χ4v) is 2.43. The quantitative estimate of drug-likeness (QED) is 0.898. The number of carbonyl (C=O) groups excluding carboxylic acids is 2. The second-order valence-corrected chi connectivity index (χ2v) is 4.99. The Labute approximate surface area is 126 Å². The van der Waals surface area contributed by atoms with E-state index in [0.717, 1.165) is 0 Å². The molecule has 0 radical (unpaired) electrons. The Kier molecular flexibility index (Phi) is 3.35. The van der Waals surface area contributed by atoms with Gasteiger partial charge in [0.15, 0.2) is 0 Å². The highest BCUT2D eigenvalue weighted by molar-refractivity contribution is 6.02. The Morgan fingerprint density at radius 1 is 1.45 bits per heavy atom. The van der Waals surface area contributed by atoms with Crippen LogP contribution >= 0.6 is 0 Å². The first kappa shape index (κ1) is 13.8. The molecule has 7 heteroatoms. The maximum atomic E-state index is 12.1. The maximum absolute atomic E-state index is 12.1. The Morgan fingerprint density at radius 2 is 2.18 bits per heavy atom. The first-order valence-corrected chi connectivity index (χ1v) is 6.75. The minimum Gasteiger partial charge on any atom is -0.326 e. The number of fused-ring (bicyclic) bond motifs is 1. The van der Waals surface area contributed by atoms with E-state index in [2.05, 4.69) is 15.7 Å². The van der Waals surface area contributed by atoms with Gasteiger partial charge in [-0.2, -0.15) is 10.4 Å². The summed E-state index contributed by atoms with van der Waals surface area (Å²) in [5.41, 5.74) is 1.53. The summed E-state index contributed by atoms with van der Waals surface area (Å²) >= 11 is 0. The van der Waals surface area contributed by atoms with Crippen molar-refractivity contribution in [1.29, 1.82) is 5.26 Å². The Morgan fingerprint density at radius 3 is 2.86 bits per heavy atom. The van der Waals surface area contributed by atoms with Gasteiger partial charge in [0.05, 0.1) is 12.1 Å². The molecule has 2 aromatic rings. The normalized spacial score (nSPS) is 15.8. The second kappa shape index (κ2) is 5.33. The molecular weight excluding hydrogens is 282 g/mol. The Balaban J connectivity index is 1.78. The van der Waals surface area contributed by atoms with Crippen molar-refractivity contribution in [3.8, 4) is 6.07 Å². The fraction of sp³-hybridized carbons (Fsp3) is 0.200. The third kappa shape index (κ3) is 2.31. The van der Waals surface area contributed by atoms with E-state index in [-0.39, 0.29) is 18.2 Å². The van der Waals surface area contributed by atoms with Crippen molar-refractivity contribution >= 4 is 23.3 Å². The van der Waals surface area contributed by atoms with Gasteiger partial charge in [0.1, 0.15) is 23.5 Å². The molecule has 3 rings (SSSR count). The lowest BCUT2D eigenvalue weighted by Gasteiger charge is -2.10. The van der Waals surface area contributed by atoms with Crippen LogP contribution in [0.1, 0.15) is 23.7 Å². The van der Waals surface area contributed by atoms with E-state index in [9.17, 15) is 9.59 Å². The van der Waals surface area contributed by atoms with E-state index in [1.165, 1.54) is 4.68 Å². The lowest BCUT2D eigenvalue weighted by Crippen LogP contribution is -2.23. The number of para-hydroxylation sites is 1. The lowest BCUT2D eigenvalue weighted by molar-refractivity contribution is -0.123. The van der Waals surface area contributed by atoms with Gasteiger partial charge in [-0.1, -0.05) is 18.2 Å². The van der Waals surface area contributed by atoms with Crippen molar-refractivity contribution in [3.05, 3.63) is 41.6 Å². The second-order valence-electron chi connectivity index (χ2n) is 4.99. The number of nitrogens with zero attached hydrogens (tertiary/aromatic N) is 3. The summed E-state index contributed by atoms with van der Waals surface area (Å²) < 4.78 is 1.42. The molecule has 1 atom stereocenters. The number of hydrogen-bond acceptors (Lipinski definition) is 4. The minimum absolute atomic E-state index is 0.0419. The molecule has 2 amide bonds. The largest absolute Gasteiger partial charge is 0.326 e. The van der Waals surface area contributed by atoms with Crippen molar-refractivity contribution in [2.75, 3.05) is 10.6 Å². The maximum Gasteiger partial charge on any atom is 0.251 e. The molecule has 22 heavy (non-hydrogen) atoms. The van der Waals surface area contributed by atoms with Crippen molar-refractivity contribution in [3.63, 3.8) is 0 Å². The van der Waals surface area contributed by atoms with Crippen molar-refractivity contribution in [2.24, 2.45) is 0 Å². The summed E-state index contributed by atoms with van der Waals surface area (Å²) in [6.45, 7) is 1.69. The van der Waals surface area contributed by atoms with Gasteiger partial charge in [-0.3, -0.25) is 9.59 Å². The molecule has 110 valence electrons. The minimum atomic E-state index is -0.737. The molecular formula is C15H13N5O2. The highest BCUT2D eigenvalue weighted by Gasteiger charge is 2.36. The average Bonchev–Trinajstić information content (AvgIpc) is 2.95. The third-order valence-electron chi connectivity index (χ3n) is 3.47. The molecule has 0 fully saturated rings. The van der Waals surface area contributed by atoms with E-state index in [1.807, 2.05) is 24.3 Å². The summed E-state index contributed by atoms with van der Waals surface area (Å²) in [4.78, 5) is 24.1. The van der Waals surface area contributed by atoms with E-state index in [4.69, 9.17) is 5.26 Å². The third-order valence-corrected chi connectivity index (χ3v) is 3.47. The van der Waals surface area contributed by atoms with Crippen LogP contribution in [0.5, 0.6) is 0 Å². The number of nitrogens with one attached hydrogen (secondary N) is 2. The number of aromatic nitrogens is 2. The van der Waals surface area contributed by atoms with E-state index in [0.29, 0.717) is 22.8 Å². The van der Waals surface area contributed by atoms with Crippen LogP contribution in [0.15, 0.2) is 30.3 Å². The molecule has 1 aliphatic heterocycles. The van der Waals surface area contributed by atoms with Crippen LogP contribution in [0.3, 0.4) is 0 Å². The molecule has 0 aliphatic carbocycles. The van der Waals surface area contributed by atoms with Crippen LogP contribution in [0.2, 0.25) is 0 Å². The molecule has 0 bridgehead atoms. The van der Waals surface area contributed by atoms with Gasteiger partial charge in [0, 0.05) is 5.69 Å². The number of hydrogen-bond donors (Lipinski definition) is 2. The van der Waals surface area contributed by atoms with Crippen LogP contribution in [-0.4, -0.2) is 21.6 Å². The number of rotatable bonds is 3. The monoisotopic (exact) mass is 295 g/mol. The summed E-state index contributed by atoms with van der Waals surface area (Å²) in [6, 6.07) is 10.3. The first-order valence-electron chi connectivity index (χ1n) is 6.75. The predicted octanol–water partition coefficient (Wildman–Crippen LogP) is 1.59. The van der Waals surface area contributed by atoms with Crippen molar-refractivity contribution < 1.29 is 9.59 Å². The number of amides is 2. The lowest BCUT2D eigenvalue weighted by atomic mass is 10.2. The molecule has 1 aromatic carbocycles. The van der Waals surface area contributed by atoms with Gasteiger partial charge in [0.25, 0.3) is 5.91 Å². The molecule has 2 heterocycles. The van der Waals surface area contributed by atoms with Gasteiger partial charge < -0.3 is 10.6 Å². The number of benzene rings is 1. The highest BCUT2D eigenvalue weighted by Crippen LogP contribution is 2.31. The molecule has 0 unspecified atom stereocenters. The molecule has 2 N–H and O–H groups in total. The van der Waals surface area contributed by atoms with Crippen LogP contribution < -0.4 is 10.6 Å². The summed E-state index contributed by atoms with van der Waals surface area (Å²) in [5, 5.41) is 18.6. The van der Waals surface area contributed by atoms with Crippen LogP contribution in [-0.2, 0) is 9.59 Å². The van der Waals surface area contributed by atoms with Gasteiger partial charge in [0.2, 0.25) is 5.91 Å². The van der Waals surface area contributed by atoms with E-state index in [1.54, 1.807) is 19.1 Å². The first-order chi connectivity index (χ1) is 10.6. The van der Waals surface area contributed by atoms with Crippen LogP contribution in [0.4, 0.5) is 11.5 Å². The molecule has 7 nitrogen and oxygen atoms in total. The van der Waals surface area contributed by atoms with Gasteiger partial charge in [-0.25, -0.2) is 4.68 Å². The summed E-state index contributed by atoms with van der Waals surface area (Å²) in [6.07, 6.45) is -0.0419. The highest BCUT2D eigenvalue weighted by atomic mass is 16.2. The smallest absolute Gasteiger partial charge is 0.251 e. The van der Waals surface area contributed by atoms with Crippen molar-refractivity contribution in [2.45, 2.75) is 19.4 Å². The van der Waals surface area contributed by atoms with E-state index < -0.39 is 6.04 Å². The topological polar surface area (TPSA) is 99.8 Å². The Bertz CT molecular complexity index is 788. The molecule has 0 spiro atoms. The molecule has 0 saturated carbocycles. The summed E-state index contributed by atoms with van der Waals surface area (Å²) in [7, 11) is 0. The van der Waals surface area contributed by atoms with Gasteiger partial charge in [-0.05, 0) is 19.1 Å². The van der Waals surface area contributed by atoms with Crippen LogP contribution in [0, 0.1) is 18.3 Å². The zero-order chi connectivity index (χ0) is 15.7. The number of nitriles is 1.